The van der Waals surface area contributed by atoms with Gasteiger partial charge >= 0.3 is 18.2 Å². The van der Waals surface area contributed by atoms with E-state index in [1.807, 2.05) is 62.9 Å². The summed E-state index contributed by atoms with van der Waals surface area (Å²) in [7, 11) is 0. The Morgan fingerprint density at radius 3 is 1.98 bits per heavy atom. The standard InChI is InChI=1S/C31H36F3N3O4/c1-20(2)18-37(19-21(3)4)28-15-10-22(26(17-29(38)39)31(32,33)34)16-27(28)36-30(40)35-23-11-13-25(14-12-23)41-24-8-6-5-7-9-24/h5-16,20-21,26H,17-19H2,1-4H3,(H,38,39)(H2,35,36,40). The fraction of sp³-hybridized carbons (Fsp3) is 0.355. The van der Waals surface area contributed by atoms with Gasteiger partial charge in [-0.15, -0.1) is 0 Å². The van der Waals surface area contributed by atoms with E-state index in [1.165, 1.54) is 18.2 Å². The molecule has 0 radical (unpaired) electrons. The average molecular weight is 572 g/mol. The number of halogens is 3. The normalized spacial score (nSPS) is 12.2. The molecule has 1 atom stereocenters. The lowest BCUT2D eigenvalue weighted by Crippen LogP contribution is -2.33. The van der Waals surface area contributed by atoms with Gasteiger partial charge in [0.15, 0.2) is 0 Å². The van der Waals surface area contributed by atoms with E-state index >= 15 is 0 Å². The highest BCUT2D eigenvalue weighted by molar-refractivity contribution is 6.02. The number of carbonyl (C=O) groups excluding carboxylic acids is 1. The van der Waals surface area contributed by atoms with E-state index in [4.69, 9.17) is 9.84 Å². The van der Waals surface area contributed by atoms with Crippen molar-refractivity contribution < 1.29 is 32.6 Å². The number of hydrogen-bond acceptors (Lipinski definition) is 4. The van der Waals surface area contributed by atoms with Gasteiger partial charge in [-0.25, -0.2) is 4.79 Å². The lowest BCUT2D eigenvalue weighted by molar-refractivity contribution is -0.163. The molecule has 0 bridgehead atoms. The van der Waals surface area contributed by atoms with E-state index in [-0.39, 0.29) is 23.1 Å². The largest absolute Gasteiger partial charge is 0.481 e. The van der Waals surface area contributed by atoms with Crippen molar-refractivity contribution >= 4 is 29.1 Å². The Morgan fingerprint density at radius 1 is 0.854 bits per heavy atom. The molecule has 1 unspecified atom stereocenters. The van der Waals surface area contributed by atoms with E-state index in [9.17, 15) is 22.8 Å². The number of hydrogen-bond donors (Lipinski definition) is 3. The van der Waals surface area contributed by atoms with Crippen LogP contribution in [0.4, 0.5) is 35.0 Å². The predicted octanol–water partition coefficient (Wildman–Crippen LogP) is 8.36. The minimum atomic E-state index is -4.78. The Balaban J connectivity index is 1.89. The number of alkyl halides is 3. The Morgan fingerprint density at radius 2 is 1.44 bits per heavy atom. The quantitative estimate of drug-likeness (QED) is 0.203. The number of rotatable bonds is 12. The molecule has 3 aromatic rings. The van der Waals surface area contributed by atoms with E-state index in [0.717, 1.165) is 0 Å². The summed E-state index contributed by atoms with van der Waals surface area (Å²) in [6.45, 7) is 9.32. The molecule has 3 rings (SSSR count). The fourth-order valence-electron chi connectivity index (χ4n) is 4.41. The van der Waals surface area contributed by atoms with Gasteiger partial charge in [0, 0.05) is 18.8 Å². The summed E-state index contributed by atoms with van der Waals surface area (Å²) >= 11 is 0. The van der Waals surface area contributed by atoms with Crippen molar-refractivity contribution in [2.45, 2.75) is 46.2 Å². The number of urea groups is 1. The third-order valence-corrected chi connectivity index (χ3v) is 6.05. The first-order valence-electron chi connectivity index (χ1n) is 13.4. The minimum absolute atomic E-state index is 0.157. The van der Waals surface area contributed by atoms with Crippen LogP contribution < -0.4 is 20.3 Å². The van der Waals surface area contributed by atoms with E-state index in [2.05, 4.69) is 10.6 Å². The molecule has 220 valence electrons. The third-order valence-electron chi connectivity index (χ3n) is 6.05. The zero-order valence-electron chi connectivity index (χ0n) is 23.5. The lowest BCUT2D eigenvalue weighted by atomic mass is 9.94. The molecule has 0 spiro atoms. The molecule has 0 saturated carbocycles. The number of benzene rings is 3. The summed E-state index contributed by atoms with van der Waals surface area (Å²) in [4.78, 5) is 26.3. The van der Waals surface area contributed by atoms with E-state index in [1.54, 1.807) is 24.3 Å². The Kier molecular flexibility index (Phi) is 10.6. The van der Waals surface area contributed by atoms with Crippen LogP contribution >= 0.6 is 0 Å². The van der Waals surface area contributed by atoms with Crippen LogP contribution in [0.5, 0.6) is 11.5 Å². The highest BCUT2D eigenvalue weighted by Crippen LogP contribution is 2.40. The summed E-state index contributed by atoms with van der Waals surface area (Å²) < 4.78 is 47.3. The zero-order valence-corrected chi connectivity index (χ0v) is 23.5. The SMILES string of the molecule is CC(C)CN(CC(C)C)c1ccc(C(CC(=O)O)C(F)(F)F)cc1NC(=O)Nc1ccc(Oc2ccccc2)cc1. The van der Waals surface area contributed by atoms with Crippen LogP contribution in [0.2, 0.25) is 0 Å². The second-order valence-electron chi connectivity index (χ2n) is 10.7. The molecule has 0 heterocycles. The molecule has 3 N–H and O–H groups in total. The maximum Gasteiger partial charge on any atom is 0.396 e. The monoisotopic (exact) mass is 571 g/mol. The summed E-state index contributed by atoms with van der Waals surface area (Å²) in [6, 6.07) is 19.2. The lowest BCUT2D eigenvalue weighted by Gasteiger charge is -2.31. The highest BCUT2D eigenvalue weighted by Gasteiger charge is 2.42. The molecule has 0 saturated heterocycles. The van der Waals surface area contributed by atoms with Crippen molar-refractivity contribution in [2.75, 3.05) is 28.6 Å². The predicted molar refractivity (Wildman–Crippen MR) is 155 cm³/mol. The fourth-order valence-corrected chi connectivity index (χ4v) is 4.41. The number of amides is 2. The average Bonchev–Trinajstić information content (AvgIpc) is 2.87. The second-order valence-corrected chi connectivity index (χ2v) is 10.7. The Labute approximate surface area is 238 Å². The molecule has 41 heavy (non-hydrogen) atoms. The van der Waals surface area contributed by atoms with Gasteiger partial charge < -0.3 is 25.4 Å². The van der Waals surface area contributed by atoms with Crippen LogP contribution in [0.25, 0.3) is 0 Å². The van der Waals surface area contributed by atoms with Crippen molar-refractivity contribution in [3.05, 3.63) is 78.4 Å². The number of para-hydroxylation sites is 1. The van der Waals surface area contributed by atoms with Crippen LogP contribution in [-0.4, -0.2) is 36.4 Å². The number of carbonyl (C=O) groups is 2. The molecule has 0 fully saturated rings. The Bertz CT molecular complexity index is 1290. The number of aliphatic carboxylic acids is 1. The summed E-state index contributed by atoms with van der Waals surface area (Å²) in [5.41, 5.74) is 0.912. The summed E-state index contributed by atoms with van der Waals surface area (Å²) in [5.74, 6) is -2.09. The first-order chi connectivity index (χ1) is 19.3. The van der Waals surface area contributed by atoms with Gasteiger partial charge in [0.25, 0.3) is 0 Å². The van der Waals surface area contributed by atoms with Crippen LogP contribution in [0.3, 0.4) is 0 Å². The van der Waals surface area contributed by atoms with Gasteiger partial charge in [-0.2, -0.15) is 13.2 Å². The molecule has 0 aromatic heterocycles. The topological polar surface area (TPSA) is 90.9 Å². The van der Waals surface area contributed by atoms with Gasteiger partial charge in [-0.3, -0.25) is 4.79 Å². The van der Waals surface area contributed by atoms with Gasteiger partial charge in [-0.1, -0.05) is 52.0 Å². The Hall–Kier alpha value is -4.21. The number of carboxylic acids is 1. The molecule has 3 aromatic carbocycles. The van der Waals surface area contributed by atoms with Crippen molar-refractivity contribution in [3.63, 3.8) is 0 Å². The summed E-state index contributed by atoms with van der Waals surface area (Å²) in [5, 5.41) is 14.5. The van der Waals surface area contributed by atoms with Crippen LogP contribution in [-0.2, 0) is 4.79 Å². The first kappa shape index (κ1) is 31.3. The number of anilines is 3. The second kappa shape index (κ2) is 13.9. The number of ether oxygens (including phenoxy) is 1. The maximum absolute atomic E-state index is 13.8. The molecule has 0 aliphatic heterocycles. The number of nitrogens with one attached hydrogen (secondary N) is 2. The molecular weight excluding hydrogens is 535 g/mol. The van der Waals surface area contributed by atoms with Crippen molar-refractivity contribution in [1.82, 2.24) is 0 Å². The molecule has 7 nitrogen and oxygen atoms in total. The molecule has 0 aliphatic carbocycles. The number of nitrogens with zero attached hydrogens (tertiary/aromatic N) is 1. The van der Waals surface area contributed by atoms with Gasteiger partial charge in [0.2, 0.25) is 0 Å². The minimum Gasteiger partial charge on any atom is -0.481 e. The first-order valence-corrected chi connectivity index (χ1v) is 13.4. The highest BCUT2D eigenvalue weighted by atomic mass is 19.4. The molecule has 0 aliphatic rings. The van der Waals surface area contributed by atoms with Gasteiger partial charge in [0.1, 0.15) is 11.5 Å². The number of carboxylic acid groups (broad SMARTS) is 1. The van der Waals surface area contributed by atoms with Crippen molar-refractivity contribution in [2.24, 2.45) is 11.8 Å². The van der Waals surface area contributed by atoms with Crippen LogP contribution in [0.1, 0.15) is 45.6 Å². The summed E-state index contributed by atoms with van der Waals surface area (Å²) in [6.07, 6.45) is -5.90. The molecule has 10 heteroatoms. The van der Waals surface area contributed by atoms with Crippen molar-refractivity contribution in [3.8, 4) is 11.5 Å². The maximum atomic E-state index is 13.8. The zero-order chi connectivity index (χ0) is 30.2. The third kappa shape index (κ3) is 9.73. The molecular formula is C31H36F3N3O4. The van der Waals surface area contributed by atoms with Crippen molar-refractivity contribution in [1.29, 1.82) is 0 Å². The van der Waals surface area contributed by atoms with Crippen LogP contribution in [0.15, 0.2) is 72.8 Å². The van der Waals surface area contributed by atoms with E-state index < -0.39 is 30.5 Å². The molecule has 2 amide bonds. The van der Waals surface area contributed by atoms with Crippen LogP contribution in [0, 0.1) is 11.8 Å². The van der Waals surface area contributed by atoms with Gasteiger partial charge in [-0.05, 0) is 65.9 Å². The smallest absolute Gasteiger partial charge is 0.396 e. The van der Waals surface area contributed by atoms with E-state index in [0.29, 0.717) is 36.0 Å². The van der Waals surface area contributed by atoms with Gasteiger partial charge in [0.05, 0.1) is 23.7 Å².